The van der Waals surface area contributed by atoms with Crippen LogP contribution in [0.25, 0.3) is 0 Å². The first-order valence-corrected chi connectivity index (χ1v) is 5.35. The van der Waals surface area contributed by atoms with Gasteiger partial charge in [-0.15, -0.1) is 0 Å². The van der Waals surface area contributed by atoms with Gasteiger partial charge in [-0.05, 0) is 32.0 Å². The molecule has 3 atom stereocenters. The lowest BCUT2D eigenvalue weighted by Crippen LogP contribution is -2.37. The first kappa shape index (κ1) is 12.5. The Morgan fingerprint density at radius 3 is 2.73 bits per heavy atom. The molecule has 5 nitrogen and oxygen atoms in total. The summed E-state index contributed by atoms with van der Waals surface area (Å²) in [6.45, 7) is 1.97. The van der Waals surface area contributed by atoms with Crippen LogP contribution in [0, 0.1) is 5.92 Å². The lowest BCUT2D eigenvalue weighted by molar-refractivity contribution is -0.140. The normalized spacial score (nSPS) is 30.5. The summed E-state index contributed by atoms with van der Waals surface area (Å²) < 4.78 is 0. The topological polar surface area (TPSA) is 89.8 Å². The van der Waals surface area contributed by atoms with Crippen molar-refractivity contribution in [2.75, 3.05) is 0 Å². The van der Waals surface area contributed by atoms with Crippen LogP contribution in [0.15, 0.2) is 0 Å². The summed E-state index contributed by atoms with van der Waals surface area (Å²) in [5, 5.41) is 29.3. The fourth-order valence-electron chi connectivity index (χ4n) is 2.22. The van der Waals surface area contributed by atoms with Crippen LogP contribution in [0.5, 0.6) is 0 Å². The van der Waals surface area contributed by atoms with E-state index < -0.39 is 19.1 Å². The maximum Gasteiger partial charge on any atom is 0.451 e. The zero-order chi connectivity index (χ0) is 11.4. The Labute approximate surface area is 89.6 Å². The highest BCUT2D eigenvalue weighted by Crippen LogP contribution is 2.25. The van der Waals surface area contributed by atoms with Crippen LogP contribution < -0.4 is 5.32 Å². The van der Waals surface area contributed by atoms with Crippen molar-refractivity contribution < 1.29 is 19.9 Å². The van der Waals surface area contributed by atoms with Crippen LogP contribution in [0.1, 0.15) is 26.2 Å². The van der Waals surface area contributed by atoms with E-state index in [9.17, 15) is 4.79 Å². The van der Waals surface area contributed by atoms with Crippen molar-refractivity contribution in [2.45, 2.75) is 44.6 Å². The molecule has 6 heteroatoms. The first-order valence-electron chi connectivity index (χ1n) is 5.35. The highest BCUT2D eigenvalue weighted by molar-refractivity contribution is 6.40. The molecular weight excluding hydrogens is 197 g/mol. The molecule has 86 valence electrons. The molecule has 0 amide bonds. The number of rotatable bonds is 5. The van der Waals surface area contributed by atoms with Crippen LogP contribution in [-0.2, 0) is 4.79 Å². The minimum Gasteiger partial charge on any atom is -0.480 e. The van der Waals surface area contributed by atoms with Crippen LogP contribution >= 0.6 is 0 Å². The third-order valence-electron chi connectivity index (χ3n) is 2.90. The van der Waals surface area contributed by atoms with Gasteiger partial charge in [-0.25, -0.2) is 0 Å². The van der Waals surface area contributed by atoms with E-state index >= 15 is 0 Å². The maximum atomic E-state index is 10.9. The highest BCUT2D eigenvalue weighted by Gasteiger charge is 2.35. The molecule has 1 fully saturated rings. The predicted molar refractivity (Wildman–Crippen MR) is 56.4 cm³/mol. The van der Waals surface area contributed by atoms with Crippen LogP contribution in [0.3, 0.4) is 0 Å². The van der Waals surface area contributed by atoms with Gasteiger partial charge in [0.25, 0.3) is 0 Å². The Bertz CT molecular complexity index is 224. The van der Waals surface area contributed by atoms with Crippen LogP contribution in [0.4, 0.5) is 0 Å². The zero-order valence-electron chi connectivity index (χ0n) is 8.89. The largest absolute Gasteiger partial charge is 0.480 e. The van der Waals surface area contributed by atoms with Gasteiger partial charge >= 0.3 is 13.1 Å². The Hall–Kier alpha value is -0.585. The van der Waals surface area contributed by atoms with E-state index in [1.165, 1.54) is 0 Å². The molecule has 1 rings (SSSR count). The van der Waals surface area contributed by atoms with E-state index in [4.69, 9.17) is 15.2 Å². The summed E-state index contributed by atoms with van der Waals surface area (Å²) in [4.78, 5) is 10.9. The summed E-state index contributed by atoms with van der Waals surface area (Å²) in [6.07, 6.45) is 2.54. The SMILES string of the molecule is CC1CC(CCCB(O)O)C(C(=O)O)N1. The second kappa shape index (κ2) is 5.49. The van der Waals surface area contributed by atoms with E-state index in [1.807, 2.05) is 6.92 Å². The molecule has 0 saturated carbocycles. The zero-order valence-corrected chi connectivity index (χ0v) is 8.89. The van der Waals surface area contributed by atoms with Gasteiger partial charge in [-0.1, -0.05) is 6.42 Å². The smallest absolute Gasteiger partial charge is 0.451 e. The van der Waals surface area contributed by atoms with Crippen molar-refractivity contribution in [2.24, 2.45) is 5.92 Å². The monoisotopic (exact) mass is 215 g/mol. The van der Waals surface area contributed by atoms with Gasteiger partial charge in [0.05, 0.1) is 0 Å². The lowest BCUT2D eigenvalue weighted by atomic mass is 9.81. The van der Waals surface area contributed by atoms with Gasteiger partial charge in [0.15, 0.2) is 0 Å². The molecule has 0 bridgehead atoms. The molecule has 0 aromatic rings. The van der Waals surface area contributed by atoms with E-state index in [1.54, 1.807) is 0 Å². The Morgan fingerprint density at radius 2 is 2.20 bits per heavy atom. The second-order valence-corrected chi connectivity index (χ2v) is 4.29. The molecule has 3 unspecified atom stereocenters. The van der Waals surface area contributed by atoms with Crippen molar-refractivity contribution in [3.8, 4) is 0 Å². The van der Waals surface area contributed by atoms with Crippen molar-refractivity contribution in [3.05, 3.63) is 0 Å². The molecule has 1 aliphatic rings. The van der Waals surface area contributed by atoms with E-state index in [2.05, 4.69) is 5.32 Å². The van der Waals surface area contributed by atoms with Crippen LogP contribution in [0.2, 0.25) is 6.32 Å². The van der Waals surface area contributed by atoms with Gasteiger partial charge < -0.3 is 20.5 Å². The standard InChI is InChI=1S/C9H18BNO4/c1-6-5-7(3-2-4-10(14)15)8(11-6)9(12)13/h6-8,11,14-15H,2-5H2,1H3,(H,12,13). The molecule has 0 spiro atoms. The molecule has 4 N–H and O–H groups in total. The first-order chi connectivity index (χ1) is 7.00. The number of carboxylic acids is 1. The molecule has 1 heterocycles. The van der Waals surface area contributed by atoms with Crippen molar-refractivity contribution in [1.82, 2.24) is 5.32 Å². The summed E-state index contributed by atoms with van der Waals surface area (Å²) in [5.74, 6) is -0.704. The van der Waals surface area contributed by atoms with Gasteiger partial charge in [0, 0.05) is 6.04 Å². The van der Waals surface area contributed by atoms with Gasteiger partial charge in [0.1, 0.15) is 6.04 Å². The number of hydrogen-bond donors (Lipinski definition) is 4. The number of nitrogens with one attached hydrogen (secondary N) is 1. The molecule has 0 aromatic carbocycles. The fourth-order valence-corrected chi connectivity index (χ4v) is 2.22. The third-order valence-corrected chi connectivity index (χ3v) is 2.90. The minimum atomic E-state index is -1.28. The van der Waals surface area contributed by atoms with E-state index in [0.717, 1.165) is 12.8 Å². The Kier molecular flexibility index (Phi) is 4.57. The van der Waals surface area contributed by atoms with Gasteiger partial charge in [-0.2, -0.15) is 0 Å². The van der Waals surface area contributed by atoms with E-state index in [0.29, 0.717) is 12.7 Å². The highest BCUT2D eigenvalue weighted by atomic mass is 16.4. The second-order valence-electron chi connectivity index (χ2n) is 4.29. The molecule has 15 heavy (non-hydrogen) atoms. The summed E-state index contributed by atoms with van der Waals surface area (Å²) in [6, 6.07) is -0.244. The van der Waals surface area contributed by atoms with Crippen molar-refractivity contribution in [3.63, 3.8) is 0 Å². The number of hydrogen-bond acceptors (Lipinski definition) is 4. The van der Waals surface area contributed by atoms with E-state index in [-0.39, 0.29) is 12.0 Å². The molecule has 0 radical (unpaired) electrons. The Balaban J connectivity index is 2.35. The minimum absolute atomic E-state index is 0.108. The molecular formula is C9H18BNO4. The predicted octanol–water partition coefficient (Wildman–Crippen LogP) is -0.309. The van der Waals surface area contributed by atoms with Crippen LogP contribution in [-0.4, -0.2) is 40.3 Å². The van der Waals surface area contributed by atoms with Gasteiger partial charge in [-0.3, -0.25) is 4.79 Å². The molecule has 0 aliphatic carbocycles. The maximum absolute atomic E-state index is 10.9. The average Bonchev–Trinajstić information content (AvgIpc) is 2.46. The summed E-state index contributed by atoms with van der Waals surface area (Å²) >= 11 is 0. The van der Waals surface area contributed by atoms with Gasteiger partial charge in [0.2, 0.25) is 0 Å². The Morgan fingerprint density at radius 1 is 1.53 bits per heavy atom. The number of carboxylic acid groups (broad SMARTS) is 1. The molecule has 1 saturated heterocycles. The van der Waals surface area contributed by atoms with Crippen molar-refractivity contribution in [1.29, 1.82) is 0 Å². The average molecular weight is 215 g/mol. The fraction of sp³-hybridized carbons (Fsp3) is 0.889. The van der Waals surface area contributed by atoms with Crippen molar-refractivity contribution >= 4 is 13.1 Å². The quantitative estimate of drug-likeness (QED) is 0.472. The number of aliphatic carboxylic acids is 1. The molecule has 0 aromatic heterocycles. The molecule has 1 aliphatic heterocycles. The summed E-state index contributed by atoms with van der Waals surface area (Å²) in [5.41, 5.74) is 0. The summed E-state index contributed by atoms with van der Waals surface area (Å²) in [7, 11) is -1.28. The lowest BCUT2D eigenvalue weighted by Gasteiger charge is -2.14. The third kappa shape index (κ3) is 3.81. The number of carbonyl (C=O) groups is 1.